The van der Waals surface area contributed by atoms with Crippen molar-refractivity contribution in [2.24, 2.45) is 0 Å². The Kier molecular flexibility index (Phi) is 4.26. The van der Waals surface area contributed by atoms with Crippen molar-refractivity contribution in [2.75, 3.05) is 6.61 Å². The SMILES string of the molecule is CC1CC(NCc2ccc(O)c(Cl)c2)CCO1. The van der Waals surface area contributed by atoms with Crippen LogP contribution in [0, 0.1) is 0 Å². The Hall–Kier alpha value is -0.770. The minimum atomic E-state index is 0.134. The predicted octanol–water partition coefficient (Wildman–Crippen LogP) is 2.70. The fourth-order valence-corrected chi connectivity index (χ4v) is 2.31. The van der Waals surface area contributed by atoms with Crippen LogP contribution in [-0.4, -0.2) is 23.9 Å². The zero-order valence-corrected chi connectivity index (χ0v) is 10.7. The molecule has 2 unspecified atom stereocenters. The average Bonchev–Trinajstić information content (AvgIpc) is 2.31. The van der Waals surface area contributed by atoms with E-state index in [4.69, 9.17) is 16.3 Å². The molecule has 94 valence electrons. The maximum atomic E-state index is 9.33. The van der Waals surface area contributed by atoms with Crippen LogP contribution in [0.2, 0.25) is 5.02 Å². The molecule has 4 heteroatoms. The Labute approximate surface area is 107 Å². The van der Waals surface area contributed by atoms with Crippen molar-refractivity contribution >= 4 is 11.6 Å². The minimum absolute atomic E-state index is 0.134. The average molecular weight is 256 g/mol. The van der Waals surface area contributed by atoms with Crippen LogP contribution in [0.5, 0.6) is 5.75 Å². The molecule has 1 aliphatic rings. The molecule has 1 aromatic carbocycles. The van der Waals surface area contributed by atoms with Gasteiger partial charge >= 0.3 is 0 Å². The van der Waals surface area contributed by atoms with E-state index in [1.165, 1.54) is 0 Å². The summed E-state index contributed by atoms with van der Waals surface area (Å²) in [7, 11) is 0. The normalized spacial score (nSPS) is 24.8. The Bertz CT molecular complexity index is 384. The fraction of sp³-hybridized carbons (Fsp3) is 0.538. The zero-order chi connectivity index (χ0) is 12.3. The van der Waals surface area contributed by atoms with Gasteiger partial charge in [0.15, 0.2) is 0 Å². The van der Waals surface area contributed by atoms with Gasteiger partial charge < -0.3 is 15.2 Å². The molecule has 0 radical (unpaired) electrons. The lowest BCUT2D eigenvalue weighted by atomic mass is 10.0. The van der Waals surface area contributed by atoms with E-state index in [2.05, 4.69) is 12.2 Å². The van der Waals surface area contributed by atoms with Gasteiger partial charge in [-0.25, -0.2) is 0 Å². The van der Waals surface area contributed by atoms with Gasteiger partial charge in [0.25, 0.3) is 0 Å². The number of phenols is 1. The quantitative estimate of drug-likeness (QED) is 0.873. The maximum Gasteiger partial charge on any atom is 0.134 e. The van der Waals surface area contributed by atoms with E-state index in [9.17, 15) is 5.11 Å². The smallest absolute Gasteiger partial charge is 0.134 e. The third-order valence-corrected chi connectivity index (χ3v) is 3.39. The molecule has 2 N–H and O–H groups in total. The number of hydrogen-bond donors (Lipinski definition) is 2. The number of hydrogen-bond acceptors (Lipinski definition) is 3. The molecule has 1 saturated heterocycles. The van der Waals surface area contributed by atoms with Gasteiger partial charge in [0.1, 0.15) is 5.75 Å². The van der Waals surface area contributed by atoms with Crippen LogP contribution >= 0.6 is 11.6 Å². The van der Waals surface area contributed by atoms with E-state index in [1.807, 2.05) is 6.07 Å². The second-order valence-electron chi connectivity index (χ2n) is 4.57. The summed E-state index contributed by atoms with van der Waals surface area (Å²) >= 11 is 5.86. The van der Waals surface area contributed by atoms with E-state index < -0.39 is 0 Å². The number of aromatic hydroxyl groups is 1. The van der Waals surface area contributed by atoms with E-state index in [0.29, 0.717) is 17.2 Å². The summed E-state index contributed by atoms with van der Waals surface area (Å²) in [5.74, 6) is 0.134. The lowest BCUT2D eigenvalue weighted by Crippen LogP contribution is -2.37. The number of benzene rings is 1. The maximum absolute atomic E-state index is 9.33. The molecule has 2 atom stereocenters. The van der Waals surface area contributed by atoms with E-state index in [0.717, 1.165) is 31.6 Å². The van der Waals surface area contributed by atoms with E-state index >= 15 is 0 Å². The van der Waals surface area contributed by atoms with Crippen molar-refractivity contribution in [3.05, 3.63) is 28.8 Å². The number of nitrogens with one attached hydrogen (secondary N) is 1. The van der Waals surface area contributed by atoms with Crippen molar-refractivity contribution in [3.8, 4) is 5.75 Å². The standard InChI is InChI=1S/C13H18ClNO2/c1-9-6-11(4-5-17-9)15-8-10-2-3-13(16)12(14)7-10/h2-3,7,9,11,15-16H,4-6,8H2,1H3. The molecule has 1 heterocycles. The van der Waals surface area contributed by atoms with Gasteiger partial charge in [-0.3, -0.25) is 0 Å². The van der Waals surface area contributed by atoms with Crippen molar-refractivity contribution in [3.63, 3.8) is 0 Å². The van der Waals surface area contributed by atoms with Gasteiger partial charge in [0.05, 0.1) is 11.1 Å². The largest absolute Gasteiger partial charge is 0.506 e. The molecule has 17 heavy (non-hydrogen) atoms. The van der Waals surface area contributed by atoms with Crippen molar-refractivity contribution in [1.82, 2.24) is 5.32 Å². The van der Waals surface area contributed by atoms with Crippen LogP contribution in [0.4, 0.5) is 0 Å². The van der Waals surface area contributed by atoms with Crippen molar-refractivity contribution < 1.29 is 9.84 Å². The van der Waals surface area contributed by atoms with E-state index in [-0.39, 0.29) is 5.75 Å². The molecule has 0 aliphatic carbocycles. The number of rotatable bonds is 3. The number of phenolic OH excluding ortho intramolecular Hbond substituents is 1. The predicted molar refractivity (Wildman–Crippen MR) is 68.4 cm³/mol. The van der Waals surface area contributed by atoms with Crippen LogP contribution < -0.4 is 5.32 Å². The van der Waals surface area contributed by atoms with Gasteiger partial charge in [0, 0.05) is 19.2 Å². The Morgan fingerprint density at radius 2 is 2.35 bits per heavy atom. The summed E-state index contributed by atoms with van der Waals surface area (Å²) in [5.41, 5.74) is 1.09. The van der Waals surface area contributed by atoms with Crippen LogP contribution in [0.3, 0.4) is 0 Å². The highest BCUT2D eigenvalue weighted by Crippen LogP contribution is 2.23. The first kappa shape index (κ1) is 12.7. The Morgan fingerprint density at radius 3 is 3.06 bits per heavy atom. The Morgan fingerprint density at radius 1 is 1.53 bits per heavy atom. The molecular formula is C13H18ClNO2. The van der Waals surface area contributed by atoms with Crippen molar-refractivity contribution in [2.45, 2.75) is 38.5 Å². The van der Waals surface area contributed by atoms with Crippen LogP contribution in [-0.2, 0) is 11.3 Å². The first-order valence-electron chi connectivity index (χ1n) is 5.97. The zero-order valence-electron chi connectivity index (χ0n) is 9.95. The third-order valence-electron chi connectivity index (χ3n) is 3.09. The second-order valence-corrected chi connectivity index (χ2v) is 4.98. The van der Waals surface area contributed by atoms with Gasteiger partial charge in [-0.1, -0.05) is 17.7 Å². The van der Waals surface area contributed by atoms with Gasteiger partial charge in [-0.2, -0.15) is 0 Å². The van der Waals surface area contributed by atoms with Crippen molar-refractivity contribution in [1.29, 1.82) is 0 Å². The summed E-state index contributed by atoms with van der Waals surface area (Å²) < 4.78 is 5.50. The second kappa shape index (κ2) is 5.71. The molecule has 1 aliphatic heterocycles. The summed E-state index contributed by atoms with van der Waals surface area (Å²) in [6, 6.07) is 5.82. The number of halogens is 1. The molecular weight excluding hydrogens is 238 g/mol. The van der Waals surface area contributed by atoms with Crippen LogP contribution in [0.1, 0.15) is 25.3 Å². The molecule has 3 nitrogen and oxygen atoms in total. The van der Waals surface area contributed by atoms with Crippen LogP contribution in [0.15, 0.2) is 18.2 Å². The van der Waals surface area contributed by atoms with Gasteiger partial charge in [-0.15, -0.1) is 0 Å². The molecule has 1 aromatic rings. The number of ether oxygens (including phenoxy) is 1. The summed E-state index contributed by atoms with van der Waals surface area (Å²) in [6.07, 6.45) is 2.44. The first-order valence-corrected chi connectivity index (χ1v) is 6.35. The molecule has 0 saturated carbocycles. The fourth-order valence-electron chi connectivity index (χ4n) is 2.11. The topological polar surface area (TPSA) is 41.5 Å². The summed E-state index contributed by atoms with van der Waals surface area (Å²) in [5, 5.41) is 13.2. The summed E-state index contributed by atoms with van der Waals surface area (Å²) in [4.78, 5) is 0. The molecule has 0 amide bonds. The molecule has 0 bridgehead atoms. The Balaban J connectivity index is 1.86. The minimum Gasteiger partial charge on any atom is -0.506 e. The van der Waals surface area contributed by atoms with Crippen LogP contribution in [0.25, 0.3) is 0 Å². The third kappa shape index (κ3) is 3.60. The van der Waals surface area contributed by atoms with Gasteiger partial charge in [-0.05, 0) is 37.5 Å². The highest BCUT2D eigenvalue weighted by atomic mass is 35.5. The molecule has 0 aromatic heterocycles. The highest BCUT2D eigenvalue weighted by Gasteiger charge is 2.18. The molecule has 2 rings (SSSR count). The lowest BCUT2D eigenvalue weighted by Gasteiger charge is -2.28. The molecule has 1 fully saturated rings. The monoisotopic (exact) mass is 255 g/mol. The lowest BCUT2D eigenvalue weighted by molar-refractivity contribution is 0.0130. The van der Waals surface area contributed by atoms with Gasteiger partial charge in [0.2, 0.25) is 0 Å². The molecule has 0 spiro atoms. The highest BCUT2D eigenvalue weighted by molar-refractivity contribution is 6.32. The van der Waals surface area contributed by atoms with E-state index in [1.54, 1.807) is 12.1 Å². The first-order chi connectivity index (χ1) is 8.15. The summed E-state index contributed by atoms with van der Waals surface area (Å²) in [6.45, 7) is 3.71.